The van der Waals surface area contributed by atoms with E-state index in [1.54, 1.807) is 12.3 Å². The van der Waals surface area contributed by atoms with Crippen molar-refractivity contribution in [3.05, 3.63) is 42.5 Å². The zero-order valence-corrected chi connectivity index (χ0v) is 7.46. The zero-order chi connectivity index (χ0) is 9.80. The van der Waals surface area contributed by atoms with E-state index in [0.29, 0.717) is 5.69 Å². The Kier molecular flexibility index (Phi) is 2.46. The lowest BCUT2D eigenvalue weighted by atomic mass is 10.2. The Morgan fingerprint density at radius 1 is 1.07 bits per heavy atom. The molecule has 0 aliphatic rings. The summed E-state index contributed by atoms with van der Waals surface area (Å²) in [6.45, 7) is -0.0810. The SMILES string of the molecule is OCc1cc(-c2ccccn2)ncn1. The molecule has 0 radical (unpaired) electrons. The molecule has 1 N–H and O–H groups in total. The Bertz CT molecular complexity index is 417. The maximum atomic E-state index is 8.90. The van der Waals surface area contributed by atoms with E-state index in [1.807, 2.05) is 18.2 Å². The predicted molar refractivity (Wildman–Crippen MR) is 51.2 cm³/mol. The predicted octanol–water partition coefficient (Wildman–Crippen LogP) is 1.03. The van der Waals surface area contributed by atoms with Gasteiger partial charge in [-0.15, -0.1) is 0 Å². The lowest BCUT2D eigenvalue weighted by Crippen LogP contribution is -1.93. The quantitative estimate of drug-likeness (QED) is 0.762. The first kappa shape index (κ1) is 8.77. The Hall–Kier alpha value is -1.81. The molecule has 0 aliphatic carbocycles. The van der Waals surface area contributed by atoms with E-state index >= 15 is 0 Å². The van der Waals surface area contributed by atoms with Crippen molar-refractivity contribution >= 4 is 0 Å². The van der Waals surface area contributed by atoms with Gasteiger partial charge in [-0.2, -0.15) is 0 Å². The number of aromatic nitrogens is 3. The molecule has 0 unspecified atom stereocenters. The summed E-state index contributed by atoms with van der Waals surface area (Å²) in [5, 5.41) is 8.90. The van der Waals surface area contributed by atoms with Gasteiger partial charge in [0.25, 0.3) is 0 Å². The van der Waals surface area contributed by atoms with Crippen LogP contribution in [-0.2, 0) is 6.61 Å². The molecular formula is C10H9N3O. The number of hydrogen-bond acceptors (Lipinski definition) is 4. The van der Waals surface area contributed by atoms with E-state index in [2.05, 4.69) is 15.0 Å². The van der Waals surface area contributed by atoms with Crippen LogP contribution >= 0.6 is 0 Å². The topological polar surface area (TPSA) is 58.9 Å². The molecule has 2 aromatic heterocycles. The molecule has 2 rings (SSSR count). The van der Waals surface area contributed by atoms with Gasteiger partial charge in [-0.05, 0) is 18.2 Å². The van der Waals surface area contributed by atoms with Gasteiger partial charge in [-0.25, -0.2) is 9.97 Å². The second-order valence-electron chi connectivity index (χ2n) is 2.77. The van der Waals surface area contributed by atoms with E-state index in [-0.39, 0.29) is 6.61 Å². The first-order valence-electron chi connectivity index (χ1n) is 4.23. The molecule has 70 valence electrons. The molecule has 0 fully saturated rings. The summed E-state index contributed by atoms with van der Waals surface area (Å²) < 4.78 is 0. The maximum absolute atomic E-state index is 8.90. The Balaban J connectivity index is 2.42. The van der Waals surface area contributed by atoms with Crippen molar-refractivity contribution in [2.24, 2.45) is 0 Å². The maximum Gasteiger partial charge on any atom is 0.116 e. The monoisotopic (exact) mass is 187 g/mol. The molecule has 0 saturated heterocycles. The fourth-order valence-electron chi connectivity index (χ4n) is 1.14. The molecular weight excluding hydrogens is 178 g/mol. The molecule has 0 atom stereocenters. The minimum atomic E-state index is -0.0810. The van der Waals surface area contributed by atoms with Crippen LogP contribution in [0.15, 0.2) is 36.8 Å². The van der Waals surface area contributed by atoms with Gasteiger partial charge < -0.3 is 5.11 Å². The van der Waals surface area contributed by atoms with Crippen LogP contribution < -0.4 is 0 Å². The molecule has 2 aromatic rings. The van der Waals surface area contributed by atoms with Crippen LogP contribution in [0.2, 0.25) is 0 Å². The average Bonchev–Trinajstić information content (AvgIpc) is 2.30. The van der Waals surface area contributed by atoms with Crippen molar-refractivity contribution in [3.8, 4) is 11.4 Å². The molecule has 14 heavy (non-hydrogen) atoms. The molecule has 2 heterocycles. The van der Waals surface area contributed by atoms with Crippen LogP contribution in [0.25, 0.3) is 11.4 Å². The molecule has 0 aliphatic heterocycles. The highest BCUT2D eigenvalue weighted by Crippen LogP contribution is 2.12. The largest absolute Gasteiger partial charge is 0.390 e. The Morgan fingerprint density at radius 3 is 2.71 bits per heavy atom. The fraction of sp³-hybridized carbons (Fsp3) is 0.100. The van der Waals surface area contributed by atoms with Gasteiger partial charge >= 0.3 is 0 Å². The van der Waals surface area contributed by atoms with Crippen molar-refractivity contribution in [2.45, 2.75) is 6.61 Å². The van der Waals surface area contributed by atoms with Crippen LogP contribution in [0, 0.1) is 0 Å². The number of aliphatic hydroxyl groups is 1. The molecule has 0 spiro atoms. The van der Waals surface area contributed by atoms with Gasteiger partial charge in [0.2, 0.25) is 0 Å². The van der Waals surface area contributed by atoms with Gasteiger partial charge in [0, 0.05) is 6.20 Å². The summed E-state index contributed by atoms with van der Waals surface area (Å²) in [4.78, 5) is 12.1. The Labute approximate surface area is 81.3 Å². The second-order valence-corrected chi connectivity index (χ2v) is 2.77. The first-order chi connectivity index (χ1) is 6.90. The summed E-state index contributed by atoms with van der Waals surface area (Å²) in [5.74, 6) is 0. The van der Waals surface area contributed by atoms with Gasteiger partial charge in [0.1, 0.15) is 6.33 Å². The van der Waals surface area contributed by atoms with E-state index in [0.717, 1.165) is 11.4 Å². The van der Waals surface area contributed by atoms with Crippen LogP contribution in [0.1, 0.15) is 5.69 Å². The highest BCUT2D eigenvalue weighted by Gasteiger charge is 2.00. The van der Waals surface area contributed by atoms with E-state index < -0.39 is 0 Å². The van der Waals surface area contributed by atoms with E-state index in [4.69, 9.17) is 5.11 Å². The molecule has 0 saturated carbocycles. The smallest absolute Gasteiger partial charge is 0.116 e. The van der Waals surface area contributed by atoms with Crippen LogP contribution in [0.4, 0.5) is 0 Å². The molecule has 0 bridgehead atoms. The van der Waals surface area contributed by atoms with Gasteiger partial charge in [0.05, 0.1) is 23.7 Å². The summed E-state index contributed by atoms with van der Waals surface area (Å²) >= 11 is 0. The average molecular weight is 187 g/mol. The van der Waals surface area contributed by atoms with Crippen molar-refractivity contribution in [3.63, 3.8) is 0 Å². The normalized spacial score (nSPS) is 10.1. The number of pyridine rings is 1. The van der Waals surface area contributed by atoms with Crippen molar-refractivity contribution in [1.82, 2.24) is 15.0 Å². The number of hydrogen-bond donors (Lipinski definition) is 1. The third kappa shape index (κ3) is 1.75. The van der Waals surface area contributed by atoms with Crippen LogP contribution in [0.3, 0.4) is 0 Å². The van der Waals surface area contributed by atoms with Crippen molar-refractivity contribution < 1.29 is 5.11 Å². The van der Waals surface area contributed by atoms with E-state index in [1.165, 1.54) is 6.33 Å². The van der Waals surface area contributed by atoms with Crippen molar-refractivity contribution in [1.29, 1.82) is 0 Å². The molecule has 0 aromatic carbocycles. The highest BCUT2D eigenvalue weighted by atomic mass is 16.3. The zero-order valence-electron chi connectivity index (χ0n) is 7.46. The minimum absolute atomic E-state index is 0.0810. The van der Waals surface area contributed by atoms with Gasteiger partial charge in [0.15, 0.2) is 0 Å². The fourth-order valence-corrected chi connectivity index (χ4v) is 1.14. The van der Waals surface area contributed by atoms with Gasteiger partial charge in [-0.1, -0.05) is 6.07 Å². The summed E-state index contributed by atoms with van der Waals surface area (Å²) in [5.41, 5.74) is 2.11. The third-order valence-corrected chi connectivity index (χ3v) is 1.81. The summed E-state index contributed by atoms with van der Waals surface area (Å²) in [6, 6.07) is 7.33. The summed E-state index contributed by atoms with van der Waals surface area (Å²) in [7, 11) is 0. The molecule has 0 amide bonds. The molecule has 4 heteroatoms. The standard InChI is InChI=1S/C10H9N3O/c14-6-8-5-10(13-7-12-8)9-3-1-2-4-11-9/h1-5,7,14H,6H2. The number of nitrogens with zero attached hydrogens (tertiary/aromatic N) is 3. The van der Waals surface area contributed by atoms with Crippen LogP contribution in [0.5, 0.6) is 0 Å². The van der Waals surface area contributed by atoms with Crippen LogP contribution in [-0.4, -0.2) is 20.1 Å². The van der Waals surface area contributed by atoms with E-state index in [9.17, 15) is 0 Å². The third-order valence-electron chi connectivity index (χ3n) is 1.81. The van der Waals surface area contributed by atoms with Gasteiger partial charge in [-0.3, -0.25) is 4.98 Å². The summed E-state index contributed by atoms with van der Waals surface area (Å²) in [6.07, 6.45) is 3.13. The number of aliphatic hydroxyl groups excluding tert-OH is 1. The first-order valence-corrected chi connectivity index (χ1v) is 4.23. The lowest BCUT2D eigenvalue weighted by Gasteiger charge is -2.00. The number of rotatable bonds is 2. The highest BCUT2D eigenvalue weighted by molar-refractivity contribution is 5.53. The molecule has 4 nitrogen and oxygen atoms in total. The lowest BCUT2D eigenvalue weighted by molar-refractivity contribution is 0.276. The Morgan fingerprint density at radius 2 is 2.00 bits per heavy atom. The minimum Gasteiger partial charge on any atom is -0.390 e. The van der Waals surface area contributed by atoms with Crippen molar-refractivity contribution in [2.75, 3.05) is 0 Å². The second kappa shape index (κ2) is 3.93.